The van der Waals surface area contributed by atoms with Crippen LogP contribution in [0.4, 0.5) is 10.3 Å². The predicted molar refractivity (Wildman–Crippen MR) is 85.2 cm³/mol. The van der Waals surface area contributed by atoms with Gasteiger partial charge in [-0.25, -0.2) is 9.37 Å². The van der Waals surface area contributed by atoms with Gasteiger partial charge in [-0.05, 0) is 30.7 Å². The molecule has 0 aliphatic rings. The smallest absolute Gasteiger partial charge is 0.205 e. The number of nitrogens with two attached hydrogens (primary N) is 1. The molecule has 0 radical (unpaired) electrons. The van der Waals surface area contributed by atoms with Crippen LogP contribution < -0.4 is 5.73 Å². The molecule has 2 aromatic carbocycles. The average Bonchev–Trinajstić information content (AvgIpc) is 2.70. The van der Waals surface area contributed by atoms with Crippen molar-refractivity contribution in [2.24, 2.45) is 0 Å². The minimum atomic E-state index is -0.340. The van der Waals surface area contributed by atoms with Crippen molar-refractivity contribution in [1.29, 1.82) is 0 Å². The number of halogens is 4. The van der Waals surface area contributed by atoms with Crippen LogP contribution in [0.5, 0.6) is 0 Å². The quantitative estimate of drug-likeness (QED) is 0.630. The number of aryl methyl sites for hydroxylation is 1. The molecule has 0 bridgehead atoms. The summed E-state index contributed by atoms with van der Waals surface area (Å²) in [5.74, 6) is -0.150. The monoisotopic (exact) mass is 343 g/mol. The van der Waals surface area contributed by atoms with E-state index in [9.17, 15) is 4.39 Å². The van der Waals surface area contributed by atoms with E-state index in [1.807, 2.05) is 0 Å². The van der Waals surface area contributed by atoms with Gasteiger partial charge >= 0.3 is 0 Å². The largest absolute Gasteiger partial charge is 0.369 e. The maximum absolute atomic E-state index is 13.6. The highest BCUT2D eigenvalue weighted by Gasteiger charge is 2.16. The molecule has 0 spiro atoms. The van der Waals surface area contributed by atoms with Gasteiger partial charge in [-0.2, -0.15) is 0 Å². The molecular weight excluding hydrogens is 336 g/mol. The van der Waals surface area contributed by atoms with E-state index in [1.54, 1.807) is 23.6 Å². The van der Waals surface area contributed by atoms with Crippen LogP contribution in [0.1, 0.15) is 5.56 Å². The number of nitrogens with zero attached hydrogens (tertiary/aromatic N) is 2. The third kappa shape index (κ3) is 2.33. The summed E-state index contributed by atoms with van der Waals surface area (Å²) in [5.41, 5.74) is 8.05. The zero-order chi connectivity index (χ0) is 15.3. The molecule has 0 aliphatic heterocycles. The van der Waals surface area contributed by atoms with Crippen molar-refractivity contribution in [3.8, 4) is 5.69 Å². The molecule has 0 atom stereocenters. The number of imidazole rings is 1. The number of aromatic nitrogens is 2. The first-order valence-corrected chi connectivity index (χ1v) is 7.11. The molecule has 1 heterocycles. The Morgan fingerprint density at radius 1 is 1.05 bits per heavy atom. The molecule has 21 heavy (non-hydrogen) atoms. The van der Waals surface area contributed by atoms with Crippen LogP contribution in [-0.4, -0.2) is 9.55 Å². The van der Waals surface area contributed by atoms with E-state index in [2.05, 4.69) is 4.98 Å². The molecule has 2 N–H and O–H groups in total. The van der Waals surface area contributed by atoms with Crippen molar-refractivity contribution in [2.45, 2.75) is 6.92 Å². The molecule has 108 valence electrons. The maximum Gasteiger partial charge on any atom is 0.205 e. The Kier molecular flexibility index (Phi) is 3.48. The van der Waals surface area contributed by atoms with Crippen LogP contribution in [0.15, 0.2) is 24.3 Å². The van der Waals surface area contributed by atoms with Gasteiger partial charge in [0.1, 0.15) is 5.82 Å². The Balaban J connectivity index is 2.37. The topological polar surface area (TPSA) is 43.8 Å². The molecule has 3 nitrogen and oxygen atoms in total. The lowest BCUT2D eigenvalue weighted by atomic mass is 10.2. The van der Waals surface area contributed by atoms with Crippen molar-refractivity contribution < 1.29 is 4.39 Å². The Hall–Kier alpha value is -1.49. The van der Waals surface area contributed by atoms with Gasteiger partial charge in [0.15, 0.2) is 0 Å². The Labute approximate surface area is 135 Å². The van der Waals surface area contributed by atoms with Crippen molar-refractivity contribution in [1.82, 2.24) is 9.55 Å². The number of anilines is 1. The molecular formula is C14H9Cl3FN3. The minimum absolute atomic E-state index is 0.190. The van der Waals surface area contributed by atoms with E-state index in [-0.39, 0.29) is 11.8 Å². The highest BCUT2D eigenvalue weighted by atomic mass is 35.5. The van der Waals surface area contributed by atoms with Gasteiger partial charge < -0.3 is 5.73 Å². The summed E-state index contributed by atoms with van der Waals surface area (Å²) < 4.78 is 15.3. The van der Waals surface area contributed by atoms with E-state index in [0.717, 1.165) is 0 Å². The van der Waals surface area contributed by atoms with Crippen LogP contribution in [0.2, 0.25) is 15.1 Å². The second-order valence-corrected chi connectivity index (χ2v) is 5.83. The first-order valence-electron chi connectivity index (χ1n) is 5.97. The highest BCUT2D eigenvalue weighted by Crippen LogP contribution is 2.34. The Bertz CT molecular complexity index is 874. The molecule has 0 fully saturated rings. The average molecular weight is 345 g/mol. The molecule has 0 aliphatic carbocycles. The molecule has 3 aromatic rings. The molecule has 0 amide bonds. The minimum Gasteiger partial charge on any atom is -0.369 e. The van der Waals surface area contributed by atoms with Gasteiger partial charge in [0.05, 0.1) is 31.8 Å². The van der Waals surface area contributed by atoms with Crippen LogP contribution in [0, 0.1) is 12.7 Å². The molecule has 7 heteroatoms. The number of hydrogen-bond donors (Lipinski definition) is 1. The molecule has 1 aromatic heterocycles. The zero-order valence-corrected chi connectivity index (χ0v) is 13.1. The Morgan fingerprint density at radius 3 is 2.43 bits per heavy atom. The van der Waals surface area contributed by atoms with Gasteiger partial charge in [0.25, 0.3) is 0 Å². The zero-order valence-electron chi connectivity index (χ0n) is 10.8. The highest BCUT2D eigenvalue weighted by molar-refractivity contribution is 6.43. The molecule has 3 rings (SSSR count). The van der Waals surface area contributed by atoms with Crippen LogP contribution in [-0.2, 0) is 0 Å². The van der Waals surface area contributed by atoms with E-state index < -0.39 is 0 Å². The summed E-state index contributed by atoms with van der Waals surface area (Å²) in [6, 6.07) is 6.13. The standard InChI is InChI=1S/C14H9Cl3FN3/c1-6-2-13-11(5-10(6)18)20-14(19)21(13)12-4-8(16)7(15)3-9(12)17/h2-5H,1H3,(H2,19,20). The summed E-state index contributed by atoms with van der Waals surface area (Å²) in [7, 11) is 0. The van der Waals surface area contributed by atoms with Crippen molar-refractivity contribution >= 4 is 51.8 Å². The van der Waals surface area contributed by atoms with Crippen molar-refractivity contribution in [3.63, 3.8) is 0 Å². The first-order chi connectivity index (χ1) is 9.88. The first kappa shape index (κ1) is 14.4. The SMILES string of the molecule is Cc1cc2c(cc1F)nc(N)n2-c1cc(Cl)c(Cl)cc1Cl. The van der Waals surface area contributed by atoms with Gasteiger partial charge in [0.2, 0.25) is 5.95 Å². The number of fused-ring (bicyclic) bond motifs is 1. The number of rotatable bonds is 1. The van der Waals surface area contributed by atoms with Gasteiger partial charge in [-0.1, -0.05) is 34.8 Å². The summed E-state index contributed by atoms with van der Waals surface area (Å²) >= 11 is 18.2. The number of benzene rings is 2. The van der Waals surface area contributed by atoms with Crippen LogP contribution in [0.3, 0.4) is 0 Å². The molecule has 0 saturated heterocycles. The van der Waals surface area contributed by atoms with Gasteiger partial charge in [0, 0.05) is 6.07 Å². The summed E-state index contributed by atoms with van der Waals surface area (Å²) in [6.07, 6.45) is 0. The normalized spacial score (nSPS) is 11.3. The van der Waals surface area contributed by atoms with Crippen LogP contribution >= 0.6 is 34.8 Å². The second kappa shape index (κ2) is 5.05. The number of nitrogen functional groups attached to an aromatic ring is 1. The fourth-order valence-corrected chi connectivity index (χ4v) is 2.78. The fourth-order valence-electron chi connectivity index (χ4n) is 2.16. The van der Waals surface area contributed by atoms with Crippen molar-refractivity contribution in [3.05, 3.63) is 50.7 Å². The lowest BCUT2D eigenvalue weighted by Crippen LogP contribution is -2.01. The van der Waals surface area contributed by atoms with Crippen molar-refractivity contribution in [2.75, 3.05) is 5.73 Å². The van der Waals surface area contributed by atoms with E-state index in [0.29, 0.717) is 37.4 Å². The van der Waals surface area contributed by atoms with E-state index in [1.165, 1.54) is 12.1 Å². The number of hydrogen-bond acceptors (Lipinski definition) is 2. The maximum atomic E-state index is 13.6. The lowest BCUT2D eigenvalue weighted by Gasteiger charge is -2.10. The van der Waals surface area contributed by atoms with Gasteiger partial charge in [-0.15, -0.1) is 0 Å². The third-order valence-corrected chi connectivity index (χ3v) is 4.22. The molecule has 0 saturated carbocycles. The summed E-state index contributed by atoms with van der Waals surface area (Å²) in [5, 5.41) is 1.06. The second-order valence-electron chi connectivity index (χ2n) is 4.61. The molecule has 0 unspecified atom stereocenters. The Morgan fingerprint density at radius 2 is 1.71 bits per heavy atom. The van der Waals surface area contributed by atoms with Crippen LogP contribution in [0.25, 0.3) is 16.7 Å². The summed E-state index contributed by atoms with van der Waals surface area (Å²) in [4.78, 5) is 4.15. The van der Waals surface area contributed by atoms with E-state index in [4.69, 9.17) is 40.5 Å². The lowest BCUT2D eigenvalue weighted by molar-refractivity contribution is 0.620. The third-order valence-electron chi connectivity index (χ3n) is 3.19. The fraction of sp³-hybridized carbons (Fsp3) is 0.0714. The van der Waals surface area contributed by atoms with Gasteiger partial charge in [-0.3, -0.25) is 4.57 Å². The summed E-state index contributed by atoms with van der Waals surface area (Å²) in [6.45, 7) is 1.67. The predicted octanol–water partition coefficient (Wildman–Crippen LogP) is 5.02. The van der Waals surface area contributed by atoms with E-state index >= 15 is 0 Å².